The molecule has 5 rings (SSSR count). The number of aliphatic imine (C=N–C) groups is 1. The monoisotopic (exact) mass is 602 g/mol. The van der Waals surface area contributed by atoms with Gasteiger partial charge in [0.05, 0.1) is 5.54 Å². The third-order valence-corrected chi connectivity index (χ3v) is 7.65. The molecule has 0 N–H and O–H groups in total. The Balaban J connectivity index is 1.36. The van der Waals surface area contributed by atoms with Crippen LogP contribution in [-0.4, -0.2) is 11.8 Å². The number of nitriles is 1. The summed E-state index contributed by atoms with van der Waals surface area (Å²) in [6.07, 6.45) is 2.69. The molecule has 1 fully saturated rings. The van der Waals surface area contributed by atoms with Gasteiger partial charge < -0.3 is 4.74 Å². The van der Waals surface area contributed by atoms with Crippen molar-refractivity contribution in [1.82, 2.24) is 0 Å². The van der Waals surface area contributed by atoms with E-state index in [1.165, 1.54) is 18.2 Å². The van der Waals surface area contributed by atoms with E-state index in [-0.39, 0.29) is 29.7 Å². The lowest BCUT2D eigenvalue weighted by molar-refractivity contribution is -0.189. The van der Waals surface area contributed by atoms with E-state index in [2.05, 4.69) is 9.73 Å². The maximum absolute atomic E-state index is 15.0. The number of benzene rings is 3. The van der Waals surface area contributed by atoms with Gasteiger partial charge in [0.2, 0.25) is 0 Å². The number of fused-ring (bicyclic) bond motifs is 2. The van der Waals surface area contributed by atoms with Crippen LogP contribution in [-0.2, 0) is 12.5 Å². The van der Waals surface area contributed by atoms with Gasteiger partial charge in [0.1, 0.15) is 57.9 Å². The fraction of sp³-hybridized carbons (Fsp3) is 0.250. The van der Waals surface area contributed by atoms with Gasteiger partial charge in [-0.05, 0) is 73.1 Å². The van der Waals surface area contributed by atoms with E-state index in [0.717, 1.165) is 37.0 Å². The van der Waals surface area contributed by atoms with Gasteiger partial charge in [-0.2, -0.15) is 14.0 Å². The van der Waals surface area contributed by atoms with Crippen LogP contribution in [0.3, 0.4) is 0 Å². The van der Waals surface area contributed by atoms with E-state index in [0.29, 0.717) is 18.1 Å². The first-order valence-corrected chi connectivity index (χ1v) is 13.2. The zero-order valence-electron chi connectivity index (χ0n) is 22.5. The molecule has 11 heteroatoms. The van der Waals surface area contributed by atoms with Gasteiger partial charge in [-0.1, -0.05) is 18.2 Å². The highest BCUT2D eigenvalue weighted by Crippen LogP contribution is 2.47. The predicted octanol–water partition coefficient (Wildman–Crippen LogP) is 9.01. The van der Waals surface area contributed by atoms with Crippen LogP contribution >= 0.6 is 0 Å². The van der Waals surface area contributed by atoms with Crippen LogP contribution in [0.2, 0.25) is 0 Å². The van der Waals surface area contributed by atoms with Gasteiger partial charge in [0.15, 0.2) is 0 Å². The van der Waals surface area contributed by atoms with Crippen molar-refractivity contribution >= 4 is 6.21 Å². The average Bonchev–Trinajstić information content (AvgIpc) is 3.53. The Morgan fingerprint density at radius 2 is 1.70 bits per heavy atom. The van der Waals surface area contributed by atoms with Crippen molar-refractivity contribution in [2.24, 2.45) is 10.9 Å². The second kappa shape index (κ2) is 11.3. The van der Waals surface area contributed by atoms with E-state index < -0.39 is 69.0 Å². The van der Waals surface area contributed by atoms with E-state index in [1.807, 2.05) is 6.21 Å². The van der Waals surface area contributed by atoms with Gasteiger partial charge >= 0.3 is 6.11 Å². The molecule has 1 aliphatic heterocycles. The summed E-state index contributed by atoms with van der Waals surface area (Å²) in [5.74, 6) is -8.95. The molecule has 1 saturated carbocycles. The van der Waals surface area contributed by atoms with Crippen LogP contribution in [0, 0.1) is 46.3 Å². The van der Waals surface area contributed by atoms with Crippen LogP contribution in [0.25, 0.3) is 11.1 Å². The van der Waals surface area contributed by atoms with Crippen molar-refractivity contribution in [3.8, 4) is 22.9 Å². The fourth-order valence-corrected chi connectivity index (χ4v) is 5.62. The van der Waals surface area contributed by atoms with Gasteiger partial charge in [-0.15, -0.1) is 0 Å². The third kappa shape index (κ3) is 5.78. The largest absolute Gasteiger partial charge is 0.432 e. The number of halogens is 8. The summed E-state index contributed by atoms with van der Waals surface area (Å²) in [6.45, 7) is 1.79. The number of alkyl halides is 2. The minimum Gasteiger partial charge on any atom is -0.429 e. The number of hydrogen-bond donors (Lipinski definition) is 0. The van der Waals surface area contributed by atoms with Gasteiger partial charge in [-0.3, -0.25) is 4.99 Å². The zero-order valence-corrected chi connectivity index (χ0v) is 22.5. The fourth-order valence-electron chi connectivity index (χ4n) is 5.62. The van der Waals surface area contributed by atoms with Gasteiger partial charge in [0.25, 0.3) is 0 Å². The molecule has 0 amide bonds. The van der Waals surface area contributed by atoms with Crippen molar-refractivity contribution in [2.45, 2.75) is 44.3 Å². The van der Waals surface area contributed by atoms with Crippen molar-refractivity contribution in [2.75, 3.05) is 0 Å². The maximum atomic E-state index is 15.0. The average molecular weight is 603 g/mol. The summed E-state index contributed by atoms with van der Waals surface area (Å²) in [6, 6.07) is 6.08. The molecule has 0 radical (unpaired) electrons. The Bertz CT molecular complexity index is 1690. The lowest BCUT2D eigenvalue weighted by Gasteiger charge is -2.24. The Labute approximate surface area is 241 Å². The summed E-state index contributed by atoms with van der Waals surface area (Å²) < 4.78 is 121. The van der Waals surface area contributed by atoms with E-state index >= 15 is 4.39 Å². The lowest BCUT2D eigenvalue weighted by Crippen LogP contribution is -2.25. The minimum atomic E-state index is -4.75. The highest BCUT2D eigenvalue weighted by molar-refractivity contribution is 5.68. The summed E-state index contributed by atoms with van der Waals surface area (Å²) in [4.78, 5) is 4.57. The molecule has 1 heterocycles. The van der Waals surface area contributed by atoms with Crippen molar-refractivity contribution in [3.63, 3.8) is 0 Å². The first-order chi connectivity index (χ1) is 20.4. The Morgan fingerprint density at radius 1 is 1.02 bits per heavy atom. The molecule has 43 heavy (non-hydrogen) atoms. The van der Waals surface area contributed by atoms with Crippen LogP contribution in [0.15, 0.2) is 71.0 Å². The van der Waals surface area contributed by atoms with Gasteiger partial charge in [0, 0.05) is 30.3 Å². The molecule has 3 aromatic carbocycles. The molecule has 2 bridgehead atoms. The number of rotatable bonds is 8. The molecule has 222 valence electrons. The second-order valence-corrected chi connectivity index (χ2v) is 10.4. The molecule has 3 aromatic rings. The molecule has 1 unspecified atom stereocenters. The lowest BCUT2D eigenvalue weighted by atomic mass is 9.88. The molecule has 3 nitrogen and oxygen atoms in total. The molecule has 2 aliphatic rings. The standard InChI is InChI=1S/C32H22F8N2O/c1-2-20(31-6-5-18(14-31)16-42-31)11-21(33)7-17-3-4-23(25(34)8-17)19-9-28(37)30(29(38)10-19)32(39,40)43-22-12-26(35)24(15-41)27(36)13-22/h2-4,8-13,16,18H,5-7,14H2,1H3/b20-2+,21-11+/t18?,31-/m0/s1. The predicted molar refractivity (Wildman–Crippen MR) is 143 cm³/mol. The first-order valence-electron chi connectivity index (χ1n) is 13.2. The highest BCUT2D eigenvalue weighted by Gasteiger charge is 2.44. The molecule has 1 aliphatic carbocycles. The maximum Gasteiger partial charge on any atom is 0.432 e. The summed E-state index contributed by atoms with van der Waals surface area (Å²) in [5, 5.41) is 8.69. The summed E-state index contributed by atoms with van der Waals surface area (Å²) in [7, 11) is 0. The van der Waals surface area contributed by atoms with Crippen molar-refractivity contribution in [3.05, 3.63) is 112 Å². The highest BCUT2D eigenvalue weighted by atomic mass is 19.3. The first kappa shape index (κ1) is 30.0. The van der Waals surface area contributed by atoms with Crippen molar-refractivity contribution in [1.29, 1.82) is 5.26 Å². The SMILES string of the molecule is C/C=C(\C=C(\F)Cc1ccc(-c2cc(F)c(C(F)(F)Oc3cc(F)c(C#N)c(F)c3)c(F)c2)c(F)c1)[C@@]12CCC(C=N1)C2. The topological polar surface area (TPSA) is 45.4 Å². The smallest absolute Gasteiger partial charge is 0.429 e. The Morgan fingerprint density at radius 3 is 2.21 bits per heavy atom. The molecular formula is C32H22F8N2O. The number of ether oxygens (including phenoxy) is 1. The summed E-state index contributed by atoms with van der Waals surface area (Å²) in [5.41, 5.74) is -3.20. The Hall–Kier alpha value is -4.46. The second-order valence-electron chi connectivity index (χ2n) is 10.4. The zero-order chi connectivity index (χ0) is 31.1. The van der Waals surface area contributed by atoms with Gasteiger partial charge in [-0.25, -0.2) is 26.3 Å². The third-order valence-electron chi connectivity index (χ3n) is 7.65. The molecular weight excluding hydrogens is 580 g/mol. The van der Waals surface area contributed by atoms with E-state index in [4.69, 9.17) is 5.26 Å². The minimum absolute atomic E-state index is 0.224. The Kier molecular flexibility index (Phi) is 7.90. The van der Waals surface area contributed by atoms with E-state index in [1.54, 1.807) is 13.0 Å². The quantitative estimate of drug-likeness (QED) is 0.191. The van der Waals surface area contributed by atoms with Crippen molar-refractivity contribution < 1.29 is 39.9 Å². The summed E-state index contributed by atoms with van der Waals surface area (Å²) >= 11 is 0. The van der Waals surface area contributed by atoms with Crippen LogP contribution in [0.4, 0.5) is 35.1 Å². The normalized spacial score (nSPS) is 20.0. The van der Waals surface area contributed by atoms with Crippen LogP contribution < -0.4 is 4.74 Å². The molecule has 2 atom stereocenters. The number of hydrogen-bond acceptors (Lipinski definition) is 3. The van der Waals surface area contributed by atoms with Crippen LogP contribution in [0.5, 0.6) is 5.75 Å². The molecule has 0 aromatic heterocycles. The number of nitrogens with zero attached hydrogens (tertiary/aromatic N) is 2. The number of allylic oxidation sites excluding steroid dienone is 2. The molecule has 0 saturated heterocycles. The molecule has 0 spiro atoms. The van der Waals surface area contributed by atoms with E-state index in [9.17, 15) is 30.7 Å². The van der Waals surface area contributed by atoms with Crippen LogP contribution in [0.1, 0.15) is 42.9 Å².